The largest absolute Gasteiger partial charge is 0.358 e. The van der Waals surface area contributed by atoms with Gasteiger partial charge in [-0.2, -0.15) is 0 Å². The number of H-pyrrole nitrogens is 1. The molecular formula is C19H18FN3O2. The third kappa shape index (κ3) is 3.68. The van der Waals surface area contributed by atoms with E-state index in [1.54, 1.807) is 0 Å². The number of hydrogen-bond donors (Lipinski definition) is 3. The third-order valence-corrected chi connectivity index (χ3v) is 3.93. The molecule has 3 aromatic rings. The lowest BCUT2D eigenvalue weighted by molar-refractivity contribution is -0.116. The molecule has 0 unspecified atom stereocenters. The molecule has 5 nitrogen and oxygen atoms in total. The van der Waals surface area contributed by atoms with E-state index in [9.17, 15) is 14.0 Å². The van der Waals surface area contributed by atoms with Crippen LogP contribution in [0.2, 0.25) is 0 Å². The number of aromatic nitrogens is 1. The van der Waals surface area contributed by atoms with E-state index in [1.165, 1.54) is 25.1 Å². The maximum atomic E-state index is 13.9. The van der Waals surface area contributed by atoms with E-state index >= 15 is 0 Å². The number of halogens is 1. The molecule has 0 saturated carbocycles. The standard InChI is InChI=1S/C19H18FN3O2/c1-11-15(14-5-3-4-6-17(14)21-11)10-19(25)23-18-9-13(22-12(2)24)7-8-16(18)20/h3-9,21H,10H2,1-2H3,(H,22,24)(H,23,25). The number of carbonyl (C=O) groups excluding carboxylic acids is 2. The molecule has 2 aromatic carbocycles. The highest BCUT2D eigenvalue weighted by atomic mass is 19.1. The van der Waals surface area contributed by atoms with Crippen LogP contribution in [0.4, 0.5) is 15.8 Å². The van der Waals surface area contributed by atoms with Crippen molar-refractivity contribution in [2.24, 2.45) is 0 Å². The van der Waals surface area contributed by atoms with Gasteiger partial charge in [0.25, 0.3) is 0 Å². The van der Waals surface area contributed by atoms with E-state index < -0.39 is 5.82 Å². The molecule has 0 atom stereocenters. The highest BCUT2D eigenvalue weighted by Crippen LogP contribution is 2.24. The lowest BCUT2D eigenvalue weighted by atomic mass is 10.1. The third-order valence-electron chi connectivity index (χ3n) is 3.93. The van der Waals surface area contributed by atoms with E-state index in [1.807, 2.05) is 31.2 Å². The maximum Gasteiger partial charge on any atom is 0.228 e. The first-order valence-corrected chi connectivity index (χ1v) is 7.87. The number of fused-ring (bicyclic) bond motifs is 1. The van der Waals surface area contributed by atoms with Crippen LogP contribution in [-0.4, -0.2) is 16.8 Å². The van der Waals surface area contributed by atoms with Gasteiger partial charge in [-0.25, -0.2) is 4.39 Å². The summed E-state index contributed by atoms with van der Waals surface area (Å²) in [4.78, 5) is 26.7. The van der Waals surface area contributed by atoms with Crippen molar-refractivity contribution in [3.05, 3.63) is 59.5 Å². The van der Waals surface area contributed by atoms with Gasteiger partial charge in [-0.3, -0.25) is 9.59 Å². The van der Waals surface area contributed by atoms with Gasteiger partial charge in [0.05, 0.1) is 12.1 Å². The van der Waals surface area contributed by atoms with Crippen molar-refractivity contribution in [2.75, 3.05) is 10.6 Å². The minimum Gasteiger partial charge on any atom is -0.358 e. The summed E-state index contributed by atoms with van der Waals surface area (Å²) in [6, 6.07) is 11.8. The Morgan fingerprint density at radius 2 is 1.88 bits per heavy atom. The number of aryl methyl sites for hydroxylation is 1. The topological polar surface area (TPSA) is 74.0 Å². The number of rotatable bonds is 4. The van der Waals surface area contributed by atoms with Gasteiger partial charge in [-0.15, -0.1) is 0 Å². The van der Waals surface area contributed by atoms with Gasteiger partial charge in [0.1, 0.15) is 5.82 Å². The Bertz CT molecular complexity index is 962. The zero-order valence-corrected chi connectivity index (χ0v) is 13.9. The van der Waals surface area contributed by atoms with Crippen LogP contribution in [0, 0.1) is 12.7 Å². The average Bonchev–Trinajstić information content (AvgIpc) is 2.86. The number of carbonyl (C=O) groups is 2. The molecule has 0 aliphatic heterocycles. The molecule has 2 amide bonds. The zero-order valence-electron chi connectivity index (χ0n) is 13.9. The van der Waals surface area contributed by atoms with E-state index in [0.29, 0.717) is 5.69 Å². The molecule has 0 aliphatic carbocycles. The minimum absolute atomic E-state index is 0.0359. The number of para-hydroxylation sites is 1. The summed E-state index contributed by atoms with van der Waals surface area (Å²) in [5, 5.41) is 6.11. The summed E-state index contributed by atoms with van der Waals surface area (Å²) >= 11 is 0. The second-order valence-electron chi connectivity index (χ2n) is 5.87. The van der Waals surface area contributed by atoms with Crippen LogP contribution in [-0.2, 0) is 16.0 Å². The summed E-state index contributed by atoms with van der Waals surface area (Å²) < 4.78 is 13.9. The average molecular weight is 339 g/mol. The number of benzene rings is 2. The van der Waals surface area contributed by atoms with Gasteiger partial charge < -0.3 is 15.6 Å². The lowest BCUT2D eigenvalue weighted by Gasteiger charge is -2.09. The molecule has 0 saturated heterocycles. The smallest absolute Gasteiger partial charge is 0.228 e. The van der Waals surface area contributed by atoms with Gasteiger partial charge in [-0.05, 0) is 36.8 Å². The highest BCUT2D eigenvalue weighted by Gasteiger charge is 2.14. The fourth-order valence-electron chi connectivity index (χ4n) is 2.82. The molecule has 1 heterocycles. The molecular weight excluding hydrogens is 321 g/mol. The van der Waals surface area contributed by atoms with Crippen LogP contribution in [0.1, 0.15) is 18.2 Å². The van der Waals surface area contributed by atoms with Crippen molar-refractivity contribution < 1.29 is 14.0 Å². The Labute approximate surface area is 144 Å². The van der Waals surface area contributed by atoms with Gasteiger partial charge in [0, 0.05) is 29.2 Å². The molecule has 128 valence electrons. The maximum absolute atomic E-state index is 13.9. The molecule has 0 aliphatic rings. The van der Waals surface area contributed by atoms with Crippen LogP contribution in [0.5, 0.6) is 0 Å². The quantitative estimate of drug-likeness (QED) is 0.677. The summed E-state index contributed by atoms with van der Waals surface area (Å²) in [5.74, 6) is -1.15. The lowest BCUT2D eigenvalue weighted by Crippen LogP contribution is -2.16. The predicted molar refractivity (Wildman–Crippen MR) is 96.1 cm³/mol. The van der Waals surface area contributed by atoms with Crippen LogP contribution < -0.4 is 10.6 Å². The molecule has 0 spiro atoms. The molecule has 0 fully saturated rings. The molecule has 0 radical (unpaired) electrons. The molecule has 3 N–H and O–H groups in total. The van der Waals surface area contributed by atoms with Crippen molar-refractivity contribution in [3.8, 4) is 0 Å². The molecule has 3 rings (SSSR count). The number of hydrogen-bond acceptors (Lipinski definition) is 2. The highest BCUT2D eigenvalue weighted by molar-refractivity contribution is 5.97. The number of amides is 2. The van der Waals surface area contributed by atoms with Crippen molar-refractivity contribution in [2.45, 2.75) is 20.3 Å². The van der Waals surface area contributed by atoms with Crippen LogP contribution in [0.15, 0.2) is 42.5 Å². The first-order valence-electron chi connectivity index (χ1n) is 7.87. The monoisotopic (exact) mass is 339 g/mol. The number of anilines is 2. The Hall–Kier alpha value is -3.15. The van der Waals surface area contributed by atoms with Gasteiger partial charge in [0.15, 0.2) is 0 Å². The van der Waals surface area contributed by atoms with Gasteiger partial charge in [-0.1, -0.05) is 18.2 Å². The van der Waals surface area contributed by atoms with E-state index in [0.717, 1.165) is 22.2 Å². The Balaban J connectivity index is 1.80. The molecule has 6 heteroatoms. The van der Waals surface area contributed by atoms with E-state index in [2.05, 4.69) is 15.6 Å². The first-order chi connectivity index (χ1) is 11.9. The first kappa shape index (κ1) is 16.7. The molecule has 1 aromatic heterocycles. The van der Waals surface area contributed by atoms with Crippen LogP contribution >= 0.6 is 0 Å². The SMILES string of the molecule is CC(=O)Nc1ccc(F)c(NC(=O)Cc2c(C)[nH]c3ccccc23)c1. The van der Waals surface area contributed by atoms with Gasteiger partial charge in [0.2, 0.25) is 11.8 Å². The Morgan fingerprint density at radius 1 is 1.12 bits per heavy atom. The van der Waals surface area contributed by atoms with E-state index in [4.69, 9.17) is 0 Å². The predicted octanol–water partition coefficient (Wildman–Crippen LogP) is 3.76. The van der Waals surface area contributed by atoms with Gasteiger partial charge >= 0.3 is 0 Å². The minimum atomic E-state index is -0.557. The Morgan fingerprint density at radius 3 is 2.64 bits per heavy atom. The normalized spacial score (nSPS) is 10.7. The van der Waals surface area contributed by atoms with Crippen molar-refractivity contribution in [3.63, 3.8) is 0 Å². The summed E-state index contributed by atoms with van der Waals surface area (Å²) in [6.07, 6.45) is 0.125. The fourth-order valence-corrected chi connectivity index (χ4v) is 2.82. The summed E-state index contributed by atoms with van der Waals surface area (Å²) in [6.45, 7) is 3.27. The summed E-state index contributed by atoms with van der Waals surface area (Å²) in [5.41, 5.74) is 3.21. The van der Waals surface area contributed by atoms with Crippen molar-refractivity contribution in [1.82, 2.24) is 4.98 Å². The Kier molecular flexibility index (Phi) is 4.52. The van der Waals surface area contributed by atoms with E-state index in [-0.39, 0.29) is 23.9 Å². The number of aromatic amines is 1. The van der Waals surface area contributed by atoms with Crippen LogP contribution in [0.25, 0.3) is 10.9 Å². The zero-order chi connectivity index (χ0) is 18.0. The fraction of sp³-hybridized carbons (Fsp3) is 0.158. The molecule has 0 bridgehead atoms. The second kappa shape index (κ2) is 6.76. The second-order valence-corrected chi connectivity index (χ2v) is 5.87. The van der Waals surface area contributed by atoms with Crippen molar-refractivity contribution in [1.29, 1.82) is 0 Å². The summed E-state index contributed by atoms with van der Waals surface area (Å²) in [7, 11) is 0. The number of nitrogens with one attached hydrogen (secondary N) is 3. The van der Waals surface area contributed by atoms with Crippen molar-refractivity contribution >= 4 is 34.1 Å². The molecule has 25 heavy (non-hydrogen) atoms. The van der Waals surface area contributed by atoms with Crippen LogP contribution in [0.3, 0.4) is 0 Å².